The van der Waals surface area contributed by atoms with E-state index in [1.807, 2.05) is 4.40 Å². The second kappa shape index (κ2) is 7.62. The minimum absolute atomic E-state index is 0.000271. The molecule has 0 unspecified atom stereocenters. The van der Waals surface area contributed by atoms with Gasteiger partial charge in [-0.15, -0.1) is 16.8 Å². The number of benzene rings is 1. The van der Waals surface area contributed by atoms with E-state index in [0.29, 0.717) is 17.5 Å². The van der Waals surface area contributed by atoms with E-state index in [-0.39, 0.29) is 16.7 Å². The van der Waals surface area contributed by atoms with Crippen molar-refractivity contribution in [3.8, 4) is 11.3 Å². The summed E-state index contributed by atoms with van der Waals surface area (Å²) in [5, 5.41) is 9.33. The minimum atomic E-state index is -0.417. The van der Waals surface area contributed by atoms with Crippen molar-refractivity contribution >= 4 is 23.4 Å². The van der Waals surface area contributed by atoms with E-state index >= 15 is 0 Å². The SMILES string of the molecule is C=CCn1c(=O)c2c(n3c(SCC(N)=O)nnc13)-c1c(C)ccc(C)c1CC21CCCC1. The Balaban J connectivity index is 1.96. The quantitative estimate of drug-likeness (QED) is 0.476. The number of thioether (sulfide) groups is 1. The predicted octanol–water partition coefficient (Wildman–Crippen LogP) is 3.31. The fraction of sp³-hybridized carbons (Fsp3) is 0.417. The molecule has 2 aliphatic carbocycles. The fourth-order valence-electron chi connectivity index (χ4n) is 5.64. The molecule has 0 radical (unpaired) electrons. The molecular formula is C24H27N5O2S. The Morgan fingerprint density at radius 1 is 1.25 bits per heavy atom. The highest BCUT2D eigenvalue weighted by molar-refractivity contribution is 7.99. The van der Waals surface area contributed by atoms with Gasteiger partial charge in [-0.25, -0.2) is 0 Å². The summed E-state index contributed by atoms with van der Waals surface area (Å²) in [5.74, 6) is 0.156. The number of amides is 1. The molecular weight excluding hydrogens is 422 g/mol. The molecule has 1 spiro atoms. The van der Waals surface area contributed by atoms with E-state index in [9.17, 15) is 9.59 Å². The van der Waals surface area contributed by atoms with Crippen molar-refractivity contribution in [2.24, 2.45) is 5.73 Å². The standard InChI is InChI=1S/C24H27N5O2S/c1-4-11-28-21(31)19-20(29-22(28)26-27-23(29)32-13-17(25)30)18-15(3)8-7-14(2)16(18)12-24(19)9-5-6-10-24/h4,7-8H,1,5-6,9-13H2,2-3H3,(H2,25,30). The molecule has 0 saturated heterocycles. The van der Waals surface area contributed by atoms with Crippen LogP contribution >= 0.6 is 11.8 Å². The molecule has 32 heavy (non-hydrogen) atoms. The number of primary amides is 1. The molecule has 1 amide bonds. The third-order valence-corrected chi connectivity index (χ3v) is 7.98. The summed E-state index contributed by atoms with van der Waals surface area (Å²) >= 11 is 1.26. The van der Waals surface area contributed by atoms with E-state index in [0.717, 1.165) is 54.5 Å². The van der Waals surface area contributed by atoms with Gasteiger partial charge in [0.15, 0.2) is 5.16 Å². The molecule has 166 valence electrons. The molecule has 2 aliphatic rings. The normalized spacial score (nSPS) is 16.3. The lowest BCUT2D eigenvalue weighted by Gasteiger charge is -2.38. The maximum atomic E-state index is 14.0. The smallest absolute Gasteiger partial charge is 0.259 e. The van der Waals surface area contributed by atoms with Gasteiger partial charge in [-0.1, -0.05) is 42.8 Å². The summed E-state index contributed by atoms with van der Waals surface area (Å²) in [7, 11) is 0. The zero-order valence-electron chi connectivity index (χ0n) is 18.5. The first-order valence-electron chi connectivity index (χ1n) is 11.0. The maximum absolute atomic E-state index is 14.0. The Labute approximate surface area is 190 Å². The van der Waals surface area contributed by atoms with Crippen LogP contribution in [0.5, 0.6) is 0 Å². The van der Waals surface area contributed by atoms with Crippen LogP contribution in [0, 0.1) is 13.8 Å². The molecule has 0 bridgehead atoms. The van der Waals surface area contributed by atoms with Crippen molar-refractivity contribution in [1.29, 1.82) is 0 Å². The zero-order chi connectivity index (χ0) is 22.6. The van der Waals surface area contributed by atoms with Crippen LogP contribution in [0.2, 0.25) is 0 Å². The number of rotatable bonds is 5. The first-order valence-corrected chi connectivity index (χ1v) is 12.0. The van der Waals surface area contributed by atoms with Crippen molar-refractivity contribution in [2.75, 3.05) is 5.75 Å². The molecule has 5 rings (SSSR count). The summed E-state index contributed by atoms with van der Waals surface area (Å²) < 4.78 is 3.65. The van der Waals surface area contributed by atoms with Gasteiger partial charge in [-0.2, -0.15) is 0 Å². The molecule has 2 aromatic heterocycles. The number of allylic oxidation sites excluding steroid dienone is 1. The largest absolute Gasteiger partial charge is 0.369 e. The number of nitrogens with zero attached hydrogens (tertiary/aromatic N) is 4. The van der Waals surface area contributed by atoms with Crippen LogP contribution in [-0.2, 0) is 23.2 Å². The van der Waals surface area contributed by atoms with Crippen molar-refractivity contribution in [3.63, 3.8) is 0 Å². The number of carbonyl (C=O) groups excluding carboxylic acids is 1. The van der Waals surface area contributed by atoms with Crippen LogP contribution in [0.15, 0.2) is 34.7 Å². The molecule has 1 aromatic carbocycles. The summed E-state index contributed by atoms with van der Waals surface area (Å²) in [6.07, 6.45) is 6.81. The lowest BCUT2D eigenvalue weighted by Crippen LogP contribution is -2.41. The number of nitrogens with two attached hydrogens (primary N) is 1. The third-order valence-electron chi connectivity index (χ3n) is 7.03. The topological polar surface area (TPSA) is 95.3 Å². The Hall–Kier alpha value is -2.87. The summed E-state index contributed by atoms with van der Waals surface area (Å²) in [6, 6.07) is 4.29. The fourth-order valence-corrected chi connectivity index (χ4v) is 6.31. The Morgan fingerprint density at radius 3 is 2.66 bits per heavy atom. The molecule has 2 N–H and O–H groups in total. The molecule has 0 atom stereocenters. The Morgan fingerprint density at radius 2 is 1.97 bits per heavy atom. The van der Waals surface area contributed by atoms with Gasteiger partial charge in [-0.3, -0.25) is 18.6 Å². The zero-order valence-corrected chi connectivity index (χ0v) is 19.3. The number of aryl methyl sites for hydroxylation is 2. The van der Waals surface area contributed by atoms with Crippen LogP contribution in [0.3, 0.4) is 0 Å². The average Bonchev–Trinajstić information content (AvgIpc) is 3.39. The van der Waals surface area contributed by atoms with Crippen molar-refractivity contribution in [3.05, 3.63) is 57.4 Å². The lowest BCUT2D eigenvalue weighted by atomic mass is 9.67. The average molecular weight is 450 g/mol. The van der Waals surface area contributed by atoms with Gasteiger partial charge < -0.3 is 5.73 Å². The molecule has 8 heteroatoms. The Bertz CT molecular complexity index is 1330. The van der Waals surface area contributed by atoms with E-state index in [4.69, 9.17) is 5.73 Å². The number of hydrogen-bond acceptors (Lipinski definition) is 5. The third kappa shape index (κ3) is 2.96. The van der Waals surface area contributed by atoms with Crippen LogP contribution < -0.4 is 11.3 Å². The van der Waals surface area contributed by atoms with Gasteiger partial charge in [0.2, 0.25) is 11.7 Å². The maximum Gasteiger partial charge on any atom is 0.259 e. The molecule has 1 fully saturated rings. The van der Waals surface area contributed by atoms with Gasteiger partial charge in [0.05, 0.1) is 11.4 Å². The predicted molar refractivity (Wildman–Crippen MR) is 126 cm³/mol. The molecule has 7 nitrogen and oxygen atoms in total. The highest BCUT2D eigenvalue weighted by atomic mass is 32.2. The van der Waals surface area contributed by atoms with Crippen LogP contribution in [0.1, 0.15) is 47.9 Å². The van der Waals surface area contributed by atoms with Crippen molar-refractivity contribution in [2.45, 2.75) is 63.1 Å². The van der Waals surface area contributed by atoms with Gasteiger partial charge in [0.25, 0.3) is 5.56 Å². The molecule has 2 heterocycles. The van der Waals surface area contributed by atoms with E-state index in [1.54, 1.807) is 10.6 Å². The van der Waals surface area contributed by atoms with Gasteiger partial charge in [-0.05, 0) is 49.8 Å². The van der Waals surface area contributed by atoms with Crippen molar-refractivity contribution in [1.82, 2.24) is 19.2 Å². The van der Waals surface area contributed by atoms with Crippen molar-refractivity contribution < 1.29 is 4.79 Å². The van der Waals surface area contributed by atoms with E-state index < -0.39 is 5.91 Å². The van der Waals surface area contributed by atoms with Gasteiger partial charge in [0, 0.05) is 23.1 Å². The lowest BCUT2D eigenvalue weighted by molar-refractivity contribution is -0.115. The summed E-state index contributed by atoms with van der Waals surface area (Å²) in [6.45, 7) is 8.44. The summed E-state index contributed by atoms with van der Waals surface area (Å²) in [5.41, 5.74) is 11.8. The minimum Gasteiger partial charge on any atom is -0.369 e. The highest BCUT2D eigenvalue weighted by Crippen LogP contribution is 2.52. The first-order chi connectivity index (χ1) is 15.4. The summed E-state index contributed by atoms with van der Waals surface area (Å²) in [4.78, 5) is 25.5. The monoisotopic (exact) mass is 449 g/mol. The number of aromatic nitrogens is 4. The van der Waals surface area contributed by atoms with E-state index in [2.05, 4.69) is 42.8 Å². The molecule has 0 aliphatic heterocycles. The number of hydrogen-bond donors (Lipinski definition) is 1. The number of carbonyl (C=O) groups is 1. The van der Waals surface area contributed by atoms with Gasteiger partial charge >= 0.3 is 0 Å². The molecule has 3 aromatic rings. The van der Waals surface area contributed by atoms with E-state index in [1.165, 1.54) is 22.9 Å². The molecule has 1 saturated carbocycles. The van der Waals surface area contributed by atoms with Crippen LogP contribution in [0.4, 0.5) is 0 Å². The second-order valence-corrected chi connectivity index (χ2v) is 9.96. The highest BCUT2D eigenvalue weighted by Gasteiger charge is 2.46. The number of fused-ring (bicyclic) bond motifs is 6. The Kier molecular flexibility index (Phi) is 5.00. The van der Waals surface area contributed by atoms with Crippen LogP contribution in [0.25, 0.3) is 17.0 Å². The van der Waals surface area contributed by atoms with Gasteiger partial charge in [0.1, 0.15) is 0 Å². The first kappa shape index (κ1) is 21.0. The second-order valence-electron chi connectivity index (χ2n) is 9.02. The van der Waals surface area contributed by atoms with Crippen LogP contribution in [-0.4, -0.2) is 30.8 Å².